The summed E-state index contributed by atoms with van der Waals surface area (Å²) in [6, 6.07) is 1.90. The van der Waals surface area contributed by atoms with Crippen LogP contribution in [0.15, 0.2) is 15.9 Å². The zero-order valence-corrected chi connectivity index (χ0v) is 11.5. The topological polar surface area (TPSA) is 26.3 Å². The standard InChI is InChI=1S/C12H15BrO2S/c13-9-7-12(16-8-9)11(14)5-1-3-10-4-2-6-15-10/h7-8,10H,1-6H2. The Balaban J connectivity index is 1.71. The van der Waals surface area contributed by atoms with Crippen molar-refractivity contribution in [2.45, 2.75) is 38.2 Å². The first-order valence-corrected chi connectivity index (χ1v) is 7.32. The van der Waals surface area contributed by atoms with Crippen LogP contribution in [0.25, 0.3) is 0 Å². The van der Waals surface area contributed by atoms with E-state index < -0.39 is 0 Å². The third-order valence-electron chi connectivity index (χ3n) is 2.80. The van der Waals surface area contributed by atoms with Gasteiger partial charge in [0.2, 0.25) is 0 Å². The van der Waals surface area contributed by atoms with Gasteiger partial charge in [-0.1, -0.05) is 0 Å². The highest BCUT2D eigenvalue weighted by molar-refractivity contribution is 9.10. The van der Waals surface area contributed by atoms with E-state index in [-0.39, 0.29) is 5.78 Å². The Bertz CT molecular complexity index is 356. The van der Waals surface area contributed by atoms with Crippen molar-refractivity contribution in [2.75, 3.05) is 6.61 Å². The number of rotatable bonds is 5. The second-order valence-corrected chi connectivity index (χ2v) is 5.91. The molecular weight excluding hydrogens is 288 g/mol. The molecule has 88 valence electrons. The number of Topliss-reactive ketones (excluding diaryl/α,β-unsaturated/α-hetero) is 1. The highest BCUT2D eigenvalue weighted by atomic mass is 79.9. The van der Waals surface area contributed by atoms with Gasteiger partial charge in [0.15, 0.2) is 5.78 Å². The lowest BCUT2D eigenvalue weighted by atomic mass is 10.1. The second kappa shape index (κ2) is 5.94. The molecule has 0 spiro atoms. The summed E-state index contributed by atoms with van der Waals surface area (Å²) in [5, 5.41) is 1.95. The van der Waals surface area contributed by atoms with Crippen molar-refractivity contribution >= 4 is 33.0 Å². The number of hydrogen-bond acceptors (Lipinski definition) is 3. The molecule has 0 N–H and O–H groups in total. The summed E-state index contributed by atoms with van der Waals surface area (Å²) in [6.45, 7) is 0.899. The van der Waals surface area contributed by atoms with E-state index in [0.29, 0.717) is 12.5 Å². The zero-order chi connectivity index (χ0) is 11.4. The molecule has 16 heavy (non-hydrogen) atoms. The first-order valence-electron chi connectivity index (χ1n) is 5.64. The molecule has 2 rings (SSSR count). The van der Waals surface area contributed by atoms with Gasteiger partial charge in [0, 0.05) is 22.9 Å². The van der Waals surface area contributed by atoms with Crippen LogP contribution in [0.4, 0.5) is 0 Å². The van der Waals surface area contributed by atoms with Gasteiger partial charge < -0.3 is 4.74 Å². The maximum absolute atomic E-state index is 11.8. The molecule has 1 atom stereocenters. The van der Waals surface area contributed by atoms with E-state index in [4.69, 9.17) is 4.74 Å². The molecule has 0 bridgehead atoms. The van der Waals surface area contributed by atoms with Gasteiger partial charge in [0.1, 0.15) is 0 Å². The Morgan fingerprint density at radius 1 is 1.62 bits per heavy atom. The molecule has 1 saturated heterocycles. The molecule has 1 aliphatic rings. The van der Waals surface area contributed by atoms with Crippen LogP contribution in [0.3, 0.4) is 0 Å². The molecule has 1 aromatic rings. The first-order chi connectivity index (χ1) is 7.75. The normalized spacial score (nSPS) is 20.2. The Labute approximate surface area is 108 Å². The van der Waals surface area contributed by atoms with E-state index >= 15 is 0 Å². The van der Waals surface area contributed by atoms with E-state index in [1.165, 1.54) is 24.2 Å². The van der Waals surface area contributed by atoms with Crippen molar-refractivity contribution in [3.05, 3.63) is 20.8 Å². The number of hydrogen-bond donors (Lipinski definition) is 0. The quantitative estimate of drug-likeness (QED) is 0.767. The molecule has 0 aromatic carbocycles. The van der Waals surface area contributed by atoms with Crippen molar-refractivity contribution in [1.82, 2.24) is 0 Å². The summed E-state index contributed by atoms with van der Waals surface area (Å²) in [5.41, 5.74) is 0. The van der Waals surface area contributed by atoms with Gasteiger partial charge in [0.25, 0.3) is 0 Å². The molecule has 1 unspecified atom stereocenters. The van der Waals surface area contributed by atoms with Crippen LogP contribution in [0, 0.1) is 0 Å². The molecule has 1 fully saturated rings. The lowest BCUT2D eigenvalue weighted by Crippen LogP contribution is -2.06. The minimum absolute atomic E-state index is 0.258. The number of thiophene rings is 1. The van der Waals surface area contributed by atoms with Crippen molar-refractivity contribution in [1.29, 1.82) is 0 Å². The Kier molecular flexibility index (Phi) is 4.55. The maximum atomic E-state index is 11.8. The van der Waals surface area contributed by atoms with Gasteiger partial charge in [-0.2, -0.15) is 0 Å². The zero-order valence-electron chi connectivity index (χ0n) is 9.08. The Morgan fingerprint density at radius 2 is 2.50 bits per heavy atom. The van der Waals surface area contributed by atoms with Crippen molar-refractivity contribution < 1.29 is 9.53 Å². The molecule has 2 nitrogen and oxygen atoms in total. The number of ketones is 1. The lowest BCUT2D eigenvalue weighted by Gasteiger charge is -2.07. The third-order valence-corrected chi connectivity index (χ3v) is 4.53. The van der Waals surface area contributed by atoms with Crippen LogP contribution in [0.5, 0.6) is 0 Å². The number of carbonyl (C=O) groups is 1. The molecule has 0 aliphatic carbocycles. The van der Waals surface area contributed by atoms with Crippen LogP contribution < -0.4 is 0 Å². The summed E-state index contributed by atoms with van der Waals surface area (Å²) < 4.78 is 6.53. The summed E-state index contributed by atoms with van der Waals surface area (Å²) in [4.78, 5) is 12.6. The molecule has 0 radical (unpaired) electrons. The number of ether oxygens (including phenoxy) is 1. The van der Waals surface area contributed by atoms with Crippen molar-refractivity contribution in [2.24, 2.45) is 0 Å². The minimum atomic E-state index is 0.258. The summed E-state index contributed by atoms with van der Waals surface area (Å²) in [5.74, 6) is 0.258. The van der Waals surface area contributed by atoms with Crippen LogP contribution in [0.2, 0.25) is 0 Å². The van der Waals surface area contributed by atoms with Crippen molar-refractivity contribution in [3.8, 4) is 0 Å². The van der Waals surface area contributed by atoms with Crippen molar-refractivity contribution in [3.63, 3.8) is 0 Å². The highest BCUT2D eigenvalue weighted by Gasteiger charge is 2.16. The van der Waals surface area contributed by atoms with E-state index in [0.717, 1.165) is 28.8 Å². The fourth-order valence-corrected chi connectivity index (χ4v) is 3.34. The molecule has 0 amide bonds. The smallest absolute Gasteiger partial charge is 0.172 e. The average molecular weight is 303 g/mol. The summed E-state index contributed by atoms with van der Waals surface area (Å²) in [6.07, 6.45) is 5.36. The van der Waals surface area contributed by atoms with E-state index in [1.807, 2.05) is 11.4 Å². The van der Waals surface area contributed by atoms with Gasteiger partial charge in [-0.15, -0.1) is 11.3 Å². The van der Waals surface area contributed by atoms with Crippen LogP contribution in [-0.2, 0) is 4.74 Å². The number of halogens is 1. The SMILES string of the molecule is O=C(CCCC1CCCO1)c1cc(Br)cs1. The minimum Gasteiger partial charge on any atom is -0.378 e. The molecular formula is C12H15BrO2S. The van der Waals surface area contributed by atoms with Gasteiger partial charge >= 0.3 is 0 Å². The molecule has 4 heteroatoms. The van der Waals surface area contributed by atoms with E-state index in [9.17, 15) is 4.79 Å². The van der Waals surface area contributed by atoms with Gasteiger partial charge in [-0.25, -0.2) is 0 Å². The van der Waals surface area contributed by atoms with Gasteiger partial charge in [0.05, 0.1) is 11.0 Å². The monoisotopic (exact) mass is 302 g/mol. The molecule has 2 heterocycles. The molecule has 1 aliphatic heterocycles. The Hall–Kier alpha value is -0.190. The third kappa shape index (κ3) is 3.40. The fraction of sp³-hybridized carbons (Fsp3) is 0.583. The summed E-state index contributed by atoms with van der Waals surface area (Å²) >= 11 is 4.87. The van der Waals surface area contributed by atoms with Crippen LogP contribution >= 0.6 is 27.3 Å². The average Bonchev–Trinajstić information content (AvgIpc) is 2.89. The second-order valence-electron chi connectivity index (χ2n) is 4.08. The Morgan fingerprint density at radius 3 is 3.12 bits per heavy atom. The highest BCUT2D eigenvalue weighted by Crippen LogP contribution is 2.23. The van der Waals surface area contributed by atoms with Gasteiger partial charge in [-0.05, 0) is 47.7 Å². The van der Waals surface area contributed by atoms with Crippen LogP contribution in [-0.4, -0.2) is 18.5 Å². The van der Waals surface area contributed by atoms with Gasteiger partial charge in [-0.3, -0.25) is 4.79 Å². The lowest BCUT2D eigenvalue weighted by molar-refractivity contribution is 0.0925. The molecule has 0 saturated carbocycles. The molecule has 1 aromatic heterocycles. The van der Waals surface area contributed by atoms with E-state index in [2.05, 4.69) is 15.9 Å². The maximum Gasteiger partial charge on any atom is 0.172 e. The predicted molar refractivity (Wildman–Crippen MR) is 69.2 cm³/mol. The fourth-order valence-electron chi connectivity index (χ4n) is 1.94. The van der Waals surface area contributed by atoms with E-state index in [1.54, 1.807) is 0 Å². The number of carbonyl (C=O) groups excluding carboxylic acids is 1. The largest absolute Gasteiger partial charge is 0.378 e. The van der Waals surface area contributed by atoms with Crippen LogP contribution in [0.1, 0.15) is 41.8 Å². The summed E-state index contributed by atoms with van der Waals surface area (Å²) in [7, 11) is 0. The first kappa shape index (κ1) is 12.3. The predicted octanol–water partition coefficient (Wildman–Crippen LogP) is 4.04.